The first-order chi connectivity index (χ1) is 11.3. The number of aryl methyl sites for hydroxylation is 3. The lowest BCUT2D eigenvalue weighted by Crippen LogP contribution is -2.47. The molecule has 0 spiro atoms. The molecule has 0 aromatic carbocycles. The molecule has 23 heavy (non-hydrogen) atoms. The Kier molecular flexibility index (Phi) is 4.24. The number of thiophene rings is 1. The molecule has 0 amide bonds. The van der Waals surface area contributed by atoms with Crippen molar-refractivity contribution in [1.29, 1.82) is 0 Å². The summed E-state index contributed by atoms with van der Waals surface area (Å²) in [5.74, 6) is 2.23. The molecule has 3 heterocycles. The highest BCUT2D eigenvalue weighted by Crippen LogP contribution is 2.40. The number of piperazine rings is 1. The molecule has 2 aromatic heterocycles. The van der Waals surface area contributed by atoms with E-state index in [1.54, 1.807) is 10.4 Å². The summed E-state index contributed by atoms with van der Waals surface area (Å²) in [4.78, 5) is 17.7. The highest BCUT2D eigenvalue weighted by Gasteiger charge is 2.26. The largest absolute Gasteiger partial charge is 0.353 e. The van der Waals surface area contributed by atoms with Gasteiger partial charge in [0.25, 0.3) is 0 Å². The molecule has 4 nitrogen and oxygen atoms in total. The molecule has 0 radical (unpaired) electrons. The summed E-state index contributed by atoms with van der Waals surface area (Å²) >= 11 is 1.91. The maximum atomic E-state index is 4.97. The van der Waals surface area contributed by atoms with Crippen molar-refractivity contribution >= 4 is 27.4 Å². The van der Waals surface area contributed by atoms with E-state index in [9.17, 15) is 0 Å². The molecule has 0 saturated carbocycles. The zero-order valence-electron chi connectivity index (χ0n) is 14.3. The molecule has 1 aliphatic carbocycles. The lowest BCUT2D eigenvalue weighted by atomic mass is 10.1. The highest BCUT2D eigenvalue weighted by molar-refractivity contribution is 7.19. The number of aromatic nitrogens is 2. The Morgan fingerprint density at radius 1 is 1.04 bits per heavy atom. The van der Waals surface area contributed by atoms with Gasteiger partial charge < -0.3 is 4.90 Å². The maximum Gasteiger partial charge on any atom is 0.141 e. The van der Waals surface area contributed by atoms with Crippen molar-refractivity contribution in [2.75, 3.05) is 37.6 Å². The van der Waals surface area contributed by atoms with Gasteiger partial charge in [-0.1, -0.05) is 13.8 Å². The fourth-order valence-corrected chi connectivity index (χ4v) is 5.18. The van der Waals surface area contributed by atoms with Crippen LogP contribution in [0.15, 0.2) is 0 Å². The van der Waals surface area contributed by atoms with Gasteiger partial charge in [0.1, 0.15) is 16.5 Å². The molecule has 0 unspecified atom stereocenters. The van der Waals surface area contributed by atoms with Gasteiger partial charge >= 0.3 is 0 Å². The Bertz CT molecular complexity index is 701. The molecule has 1 saturated heterocycles. The zero-order chi connectivity index (χ0) is 15.8. The molecule has 0 bridgehead atoms. The first kappa shape index (κ1) is 15.3. The van der Waals surface area contributed by atoms with Crippen molar-refractivity contribution in [1.82, 2.24) is 14.9 Å². The Morgan fingerprint density at radius 2 is 1.87 bits per heavy atom. The van der Waals surface area contributed by atoms with Crippen LogP contribution in [0.25, 0.3) is 10.2 Å². The summed E-state index contributed by atoms with van der Waals surface area (Å²) in [6, 6.07) is 0. The maximum absolute atomic E-state index is 4.97. The monoisotopic (exact) mass is 330 g/mol. The predicted octanol–water partition coefficient (Wildman–Crippen LogP) is 3.27. The number of rotatable bonds is 4. The Morgan fingerprint density at radius 3 is 2.61 bits per heavy atom. The molecule has 124 valence electrons. The second-order valence-electron chi connectivity index (χ2n) is 6.68. The summed E-state index contributed by atoms with van der Waals surface area (Å²) in [7, 11) is 0. The van der Waals surface area contributed by atoms with Crippen molar-refractivity contribution in [2.45, 2.75) is 46.0 Å². The van der Waals surface area contributed by atoms with Gasteiger partial charge in [-0.25, -0.2) is 9.97 Å². The van der Waals surface area contributed by atoms with Gasteiger partial charge in [-0.15, -0.1) is 11.3 Å². The normalized spacial score (nSPS) is 18.8. The van der Waals surface area contributed by atoms with E-state index < -0.39 is 0 Å². The van der Waals surface area contributed by atoms with Gasteiger partial charge in [0.2, 0.25) is 0 Å². The van der Waals surface area contributed by atoms with Crippen LogP contribution in [0, 0.1) is 0 Å². The second-order valence-corrected chi connectivity index (χ2v) is 7.77. The Labute approximate surface area is 142 Å². The van der Waals surface area contributed by atoms with Gasteiger partial charge in [0, 0.05) is 37.5 Å². The Balaban J connectivity index is 1.71. The predicted molar refractivity (Wildman–Crippen MR) is 97.8 cm³/mol. The highest BCUT2D eigenvalue weighted by atomic mass is 32.1. The van der Waals surface area contributed by atoms with Crippen molar-refractivity contribution in [3.63, 3.8) is 0 Å². The standard InChI is InChI=1S/C18H26N4S/c1-3-8-21-9-11-22(12-10-21)17-16-13-6-5-7-14(13)23-18(16)20-15(4-2)19-17/h3-12H2,1-2H3. The fourth-order valence-electron chi connectivity index (χ4n) is 3.91. The lowest BCUT2D eigenvalue weighted by molar-refractivity contribution is 0.258. The number of hydrogen-bond donors (Lipinski definition) is 0. The number of anilines is 1. The quantitative estimate of drug-likeness (QED) is 0.861. The molecule has 2 aliphatic rings. The third-order valence-electron chi connectivity index (χ3n) is 5.12. The zero-order valence-corrected chi connectivity index (χ0v) is 15.1. The summed E-state index contributed by atoms with van der Waals surface area (Å²) in [5, 5.41) is 1.38. The minimum atomic E-state index is 0.918. The average Bonchev–Trinajstić information content (AvgIpc) is 3.15. The van der Waals surface area contributed by atoms with Crippen LogP contribution in [0.2, 0.25) is 0 Å². The Hall–Kier alpha value is -1.20. The van der Waals surface area contributed by atoms with Crippen LogP contribution in [0.3, 0.4) is 0 Å². The van der Waals surface area contributed by atoms with Gasteiger partial charge in [-0.05, 0) is 37.8 Å². The smallest absolute Gasteiger partial charge is 0.141 e. The van der Waals surface area contributed by atoms with E-state index in [2.05, 4.69) is 23.6 Å². The van der Waals surface area contributed by atoms with E-state index >= 15 is 0 Å². The number of hydrogen-bond acceptors (Lipinski definition) is 5. The van der Waals surface area contributed by atoms with Crippen LogP contribution in [0.1, 0.15) is 43.0 Å². The van der Waals surface area contributed by atoms with Crippen molar-refractivity contribution < 1.29 is 0 Å². The minimum absolute atomic E-state index is 0.918. The van der Waals surface area contributed by atoms with Gasteiger partial charge in [-0.3, -0.25) is 4.90 Å². The van der Waals surface area contributed by atoms with Crippen LogP contribution >= 0.6 is 11.3 Å². The van der Waals surface area contributed by atoms with Gasteiger partial charge in [-0.2, -0.15) is 0 Å². The minimum Gasteiger partial charge on any atom is -0.353 e. The van der Waals surface area contributed by atoms with Crippen LogP contribution in [0.5, 0.6) is 0 Å². The van der Waals surface area contributed by atoms with Crippen LogP contribution in [0.4, 0.5) is 5.82 Å². The van der Waals surface area contributed by atoms with E-state index in [1.807, 2.05) is 11.3 Å². The van der Waals surface area contributed by atoms with E-state index in [0.717, 1.165) is 38.4 Å². The molecular weight excluding hydrogens is 304 g/mol. The third-order valence-corrected chi connectivity index (χ3v) is 6.31. The number of fused-ring (bicyclic) bond motifs is 3. The molecule has 1 fully saturated rings. The van der Waals surface area contributed by atoms with Crippen molar-refractivity contribution in [3.05, 3.63) is 16.3 Å². The molecule has 0 atom stereocenters. The van der Waals surface area contributed by atoms with Gasteiger partial charge in [0.05, 0.1) is 5.39 Å². The van der Waals surface area contributed by atoms with Crippen LogP contribution in [-0.4, -0.2) is 47.6 Å². The first-order valence-corrected chi connectivity index (χ1v) is 9.90. The lowest BCUT2D eigenvalue weighted by Gasteiger charge is -2.35. The molecular formula is C18H26N4S. The number of nitrogens with zero attached hydrogens (tertiary/aromatic N) is 4. The second kappa shape index (κ2) is 6.36. The molecule has 2 aromatic rings. The van der Waals surface area contributed by atoms with E-state index in [1.165, 1.54) is 48.3 Å². The topological polar surface area (TPSA) is 32.3 Å². The van der Waals surface area contributed by atoms with E-state index in [0.29, 0.717) is 0 Å². The fraction of sp³-hybridized carbons (Fsp3) is 0.667. The summed E-state index contributed by atoms with van der Waals surface area (Å²) < 4.78 is 0. The molecule has 1 aliphatic heterocycles. The molecule has 4 rings (SSSR count). The van der Waals surface area contributed by atoms with E-state index in [-0.39, 0.29) is 0 Å². The van der Waals surface area contributed by atoms with Crippen LogP contribution in [-0.2, 0) is 19.3 Å². The molecule has 0 N–H and O–H groups in total. The average molecular weight is 331 g/mol. The van der Waals surface area contributed by atoms with E-state index in [4.69, 9.17) is 9.97 Å². The first-order valence-electron chi connectivity index (χ1n) is 9.08. The summed E-state index contributed by atoms with van der Waals surface area (Å²) in [6.07, 6.45) is 5.92. The van der Waals surface area contributed by atoms with Crippen molar-refractivity contribution in [3.8, 4) is 0 Å². The van der Waals surface area contributed by atoms with Gasteiger partial charge in [0.15, 0.2) is 0 Å². The summed E-state index contributed by atoms with van der Waals surface area (Å²) in [6.45, 7) is 10.2. The third kappa shape index (κ3) is 2.74. The molecule has 5 heteroatoms. The van der Waals surface area contributed by atoms with Crippen LogP contribution < -0.4 is 4.90 Å². The summed E-state index contributed by atoms with van der Waals surface area (Å²) in [5.41, 5.74) is 1.55. The SMILES string of the molecule is CCCN1CCN(c2nc(CC)nc3sc4c(c23)CCC4)CC1. The van der Waals surface area contributed by atoms with Crippen molar-refractivity contribution in [2.24, 2.45) is 0 Å².